The molecule has 3 aromatic heterocycles. The van der Waals surface area contributed by atoms with Gasteiger partial charge in [0, 0.05) is 15.7 Å². The van der Waals surface area contributed by atoms with E-state index >= 15 is 0 Å². The molecule has 0 radical (unpaired) electrons. The van der Waals surface area contributed by atoms with E-state index in [4.69, 9.17) is 9.84 Å². The number of hydrogen-bond acceptors (Lipinski definition) is 7. The van der Waals surface area contributed by atoms with Crippen molar-refractivity contribution in [2.45, 2.75) is 32.2 Å². The van der Waals surface area contributed by atoms with E-state index < -0.39 is 5.97 Å². The Bertz CT molecular complexity index is 1180. The normalized spacial score (nSPS) is 21.5. The lowest BCUT2D eigenvalue weighted by Gasteiger charge is -2.28. The van der Waals surface area contributed by atoms with Crippen molar-refractivity contribution >= 4 is 57.7 Å². The molecule has 2 atom stereocenters. The molecule has 4 heterocycles. The molecule has 1 aliphatic heterocycles. The van der Waals surface area contributed by atoms with Gasteiger partial charge in [-0.15, -0.1) is 34.0 Å². The van der Waals surface area contributed by atoms with E-state index in [0.29, 0.717) is 4.88 Å². The number of aryl methyl sites for hydroxylation is 1. The minimum atomic E-state index is -0.457. The molecule has 3 aromatic rings. The molecule has 1 aliphatic carbocycles. The maximum Gasteiger partial charge on any atom is 0.349 e. The summed E-state index contributed by atoms with van der Waals surface area (Å²) in [6.07, 6.45) is 5.21. The van der Waals surface area contributed by atoms with Gasteiger partial charge in [-0.25, -0.2) is 9.80 Å². The number of thiophene rings is 3. The van der Waals surface area contributed by atoms with Crippen LogP contribution in [0.2, 0.25) is 0 Å². The summed E-state index contributed by atoms with van der Waals surface area (Å²) in [6.45, 7) is 1.55. The summed E-state index contributed by atoms with van der Waals surface area (Å²) in [6, 6.07) is 9.93. The van der Waals surface area contributed by atoms with Crippen molar-refractivity contribution in [3.05, 3.63) is 72.2 Å². The number of allylic oxidation sites excluding steroid dienone is 1. The Kier molecular flexibility index (Phi) is 6.08. The molecule has 0 saturated heterocycles. The lowest BCUT2D eigenvalue weighted by Crippen LogP contribution is -2.34. The Hall–Kier alpha value is -2.55. The first-order valence-electron chi connectivity index (χ1n) is 10.5. The Labute approximate surface area is 198 Å². The van der Waals surface area contributed by atoms with Gasteiger partial charge >= 0.3 is 5.97 Å². The van der Waals surface area contributed by atoms with Gasteiger partial charge in [0.1, 0.15) is 4.88 Å². The van der Waals surface area contributed by atoms with Gasteiger partial charge in [0.25, 0.3) is 5.91 Å². The largest absolute Gasteiger partial charge is 0.451 e. The van der Waals surface area contributed by atoms with Crippen LogP contribution in [-0.2, 0) is 9.53 Å². The molecule has 0 aromatic carbocycles. The van der Waals surface area contributed by atoms with Crippen LogP contribution in [0.4, 0.5) is 0 Å². The number of carbonyl (C=O) groups is 2. The van der Waals surface area contributed by atoms with Crippen molar-refractivity contribution in [3.63, 3.8) is 0 Å². The van der Waals surface area contributed by atoms with Crippen molar-refractivity contribution in [1.82, 2.24) is 5.01 Å². The zero-order valence-electron chi connectivity index (χ0n) is 17.5. The van der Waals surface area contributed by atoms with Crippen molar-refractivity contribution in [2.75, 3.05) is 6.61 Å². The molecule has 2 aliphatic rings. The van der Waals surface area contributed by atoms with E-state index in [2.05, 4.69) is 23.6 Å². The number of hydrogen-bond donors (Lipinski definition) is 0. The monoisotopic (exact) mass is 482 g/mol. The van der Waals surface area contributed by atoms with E-state index in [1.807, 2.05) is 35.9 Å². The molecule has 1 amide bonds. The fraction of sp³-hybridized carbons (Fsp3) is 0.292. The average molecular weight is 483 g/mol. The predicted molar refractivity (Wildman–Crippen MR) is 130 cm³/mol. The van der Waals surface area contributed by atoms with Gasteiger partial charge in [0.2, 0.25) is 0 Å². The third-order valence-electron chi connectivity index (χ3n) is 5.83. The molecule has 0 spiro atoms. The van der Waals surface area contributed by atoms with Crippen LogP contribution >= 0.6 is 34.0 Å². The molecule has 32 heavy (non-hydrogen) atoms. The summed E-state index contributed by atoms with van der Waals surface area (Å²) >= 11 is 4.66. The van der Waals surface area contributed by atoms with Crippen LogP contribution < -0.4 is 0 Å². The highest BCUT2D eigenvalue weighted by Gasteiger charge is 2.44. The number of nitrogens with zero attached hydrogens (tertiary/aromatic N) is 2. The smallest absolute Gasteiger partial charge is 0.349 e. The second-order valence-corrected chi connectivity index (χ2v) is 10.8. The molecule has 0 N–H and O–H groups in total. The van der Waals surface area contributed by atoms with Crippen LogP contribution in [0.25, 0.3) is 6.08 Å². The Morgan fingerprint density at radius 3 is 2.72 bits per heavy atom. The van der Waals surface area contributed by atoms with Crippen molar-refractivity contribution in [3.8, 4) is 0 Å². The Balaban J connectivity index is 1.41. The molecule has 1 saturated carbocycles. The number of amides is 1. The second kappa shape index (κ2) is 9.13. The fourth-order valence-electron chi connectivity index (χ4n) is 4.33. The van der Waals surface area contributed by atoms with E-state index in [0.717, 1.165) is 35.4 Å². The second-order valence-electron chi connectivity index (χ2n) is 7.88. The number of ether oxygens (including phenoxy) is 1. The third kappa shape index (κ3) is 4.10. The van der Waals surface area contributed by atoms with E-state index in [1.54, 1.807) is 27.7 Å². The molecular weight excluding hydrogens is 460 g/mol. The third-order valence-corrected chi connectivity index (χ3v) is 8.58. The minimum absolute atomic E-state index is 0.147. The maximum atomic E-state index is 13.2. The average Bonchev–Trinajstić information content (AvgIpc) is 3.58. The summed E-state index contributed by atoms with van der Waals surface area (Å²) in [5.41, 5.74) is 3.06. The fourth-order valence-corrected chi connectivity index (χ4v) is 6.71. The predicted octanol–water partition coefficient (Wildman–Crippen LogP) is 6.16. The van der Waals surface area contributed by atoms with Gasteiger partial charge in [-0.05, 0) is 77.7 Å². The summed E-state index contributed by atoms with van der Waals surface area (Å²) in [7, 11) is 0. The highest BCUT2D eigenvalue weighted by atomic mass is 32.1. The summed E-state index contributed by atoms with van der Waals surface area (Å²) < 4.78 is 5.37. The Morgan fingerprint density at radius 1 is 1.16 bits per heavy atom. The lowest BCUT2D eigenvalue weighted by molar-refractivity contribution is -0.136. The van der Waals surface area contributed by atoms with E-state index in [1.165, 1.54) is 21.8 Å². The highest BCUT2D eigenvalue weighted by molar-refractivity contribution is 7.12. The van der Waals surface area contributed by atoms with Crippen LogP contribution in [0.15, 0.2) is 57.1 Å². The molecule has 1 fully saturated rings. The SMILES string of the molecule is Cc1ccsc1C(=O)OCC(=O)N1N=C2C(=Cc3cccs3)CCCC2C1c1cccs1. The van der Waals surface area contributed by atoms with Crippen molar-refractivity contribution < 1.29 is 14.3 Å². The van der Waals surface area contributed by atoms with Crippen LogP contribution in [0.3, 0.4) is 0 Å². The van der Waals surface area contributed by atoms with E-state index in [9.17, 15) is 9.59 Å². The van der Waals surface area contributed by atoms with Crippen LogP contribution in [0.1, 0.15) is 50.3 Å². The van der Waals surface area contributed by atoms with Gasteiger partial charge in [0.05, 0.1) is 11.8 Å². The Morgan fingerprint density at radius 2 is 2.00 bits per heavy atom. The first-order valence-corrected chi connectivity index (χ1v) is 13.2. The molecule has 0 bridgehead atoms. The molecule has 5 rings (SSSR count). The lowest BCUT2D eigenvalue weighted by atomic mass is 9.79. The highest BCUT2D eigenvalue weighted by Crippen LogP contribution is 2.45. The van der Waals surface area contributed by atoms with Gasteiger partial charge < -0.3 is 4.74 Å². The quantitative estimate of drug-likeness (QED) is 0.409. The number of hydrazone groups is 1. The summed E-state index contributed by atoms with van der Waals surface area (Å²) in [5.74, 6) is -0.586. The van der Waals surface area contributed by atoms with E-state index in [-0.39, 0.29) is 24.5 Å². The number of fused-ring (bicyclic) bond motifs is 1. The van der Waals surface area contributed by atoms with Gasteiger partial charge in [-0.1, -0.05) is 12.1 Å². The number of rotatable bonds is 5. The molecule has 164 valence electrons. The first kappa shape index (κ1) is 21.3. The minimum Gasteiger partial charge on any atom is -0.451 e. The number of esters is 1. The van der Waals surface area contributed by atoms with Crippen molar-refractivity contribution in [2.24, 2.45) is 11.0 Å². The molecule has 2 unspecified atom stereocenters. The first-order chi connectivity index (χ1) is 15.6. The topological polar surface area (TPSA) is 59.0 Å². The van der Waals surface area contributed by atoms with Gasteiger partial charge in [-0.2, -0.15) is 5.10 Å². The van der Waals surface area contributed by atoms with Crippen LogP contribution in [0.5, 0.6) is 0 Å². The van der Waals surface area contributed by atoms with Crippen LogP contribution in [0, 0.1) is 12.8 Å². The molecule has 8 heteroatoms. The van der Waals surface area contributed by atoms with Gasteiger partial charge in [-0.3, -0.25) is 4.79 Å². The van der Waals surface area contributed by atoms with Crippen molar-refractivity contribution in [1.29, 1.82) is 0 Å². The molecule has 5 nitrogen and oxygen atoms in total. The van der Waals surface area contributed by atoms with Crippen LogP contribution in [-0.4, -0.2) is 29.2 Å². The zero-order chi connectivity index (χ0) is 22.1. The molecular formula is C24H22N2O3S3. The van der Waals surface area contributed by atoms with Gasteiger partial charge in [0.15, 0.2) is 6.61 Å². The summed E-state index contributed by atoms with van der Waals surface area (Å²) in [5, 5.41) is 12.3. The number of carbonyl (C=O) groups excluding carboxylic acids is 2. The standard InChI is InChI=1S/C24H22N2O3S3/c1-15-9-12-32-23(15)24(28)29-14-20(27)26-22(19-8-4-11-31-19)18-7-2-5-16(21(18)25-26)13-17-6-3-10-30-17/h3-4,6,8-13,18,22H,2,5,7,14H2,1H3. The zero-order valence-corrected chi connectivity index (χ0v) is 20.0. The summed E-state index contributed by atoms with van der Waals surface area (Å²) in [4.78, 5) is 28.5. The maximum absolute atomic E-state index is 13.2.